The van der Waals surface area contributed by atoms with Crippen molar-refractivity contribution in [3.05, 3.63) is 65.0 Å². The first-order valence-electron chi connectivity index (χ1n) is 10.8. The molecule has 1 aliphatic rings. The van der Waals surface area contributed by atoms with Crippen molar-refractivity contribution in [1.82, 2.24) is 4.90 Å². The molecular formula is C25H29FN2O5. The van der Waals surface area contributed by atoms with E-state index in [1.807, 2.05) is 14.1 Å². The summed E-state index contributed by atoms with van der Waals surface area (Å²) in [6, 6.07) is 9.81. The summed E-state index contributed by atoms with van der Waals surface area (Å²) in [5.74, 6) is -2.59. The normalized spacial score (nSPS) is 17.8. The van der Waals surface area contributed by atoms with Crippen LogP contribution >= 0.6 is 0 Å². The molecule has 2 aromatic carbocycles. The van der Waals surface area contributed by atoms with E-state index in [0.717, 1.165) is 11.0 Å². The van der Waals surface area contributed by atoms with Crippen LogP contribution < -0.4 is 19.5 Å². The molecule has 0 saturated carbocycles. The monoisotopic (exact) mass is 456 g/mol. The standard InChI is InChI=1S/C25H29FN2O5/c1-15(2)33-20-11-10-16(14-18(20)26)23(29)21-22(17-8-6-7-9-19(17)32-5)28(13-12-27(3)4)25(31)24(21)30/h6-11,14-15,22,29H,12-13H2,1-5H3. The number of likely N-dealkylation sites (N-methyl/N-ethyl adjacent to an activating group) is 1. The van der Waals surface area contributed by atoms with Crippen LogP contribution in [0.15, 0.2) is 48.0 Å². The van der Waals surface area contributed by atoms with Gasteiger partial charge in [0.25, 0.3) is 5.91 Å². The molecule has 33 heavy (non-hydrogen) atoms. The predicted molar refractivity (Wildman–Crippen MR) is 119 cm³/mol. The number of halogens is 1. The molecular weight excluding hydrogens is 427 g/mol. The Balaban J connectivity index is 2.16. The lowest BCUT2D eigenvalue weighted by atomic mass is 9.94. The molecule has 0 bridgehead atoms. The molecule has 2 aromatic rings. The van der Waals surface area contributed by atoms with Gasteiger partial charge >= 0.3 is 0 Å². The predicted octanol–water partition coefficient (Wildman–Crippen LogP) is 0.990. The molecule has 3 rings (SSSR count). The lowest BCUT2D eigenvalue weighted by molar-refractivity contribution is -0.857. The number of Topliss-reactive ketones (excluding diaryl/α,β-unsaturated/α-hetero) is 1. The van der Waals surface area contributed by atoms with Crippen molar-refractivity contribution < 1.29 is 33.5 Å². The molecule has 1 amide bonds. The summed E-state index contributed by atoms with van der Waals surface area (Å²) in [4.78, 5) is 28.5. The van der Waals surface area contributed by atoms with Crippen molar-refractivity contribution in [2.24, 2.45) is 0 Å². The summed E-state index contributed by atoms with van der Waals surface area (Å²) < 4.78 is 25.4. The fourth-order valence-corrected chi connectivity index (χ4v) is 3.81. The maximum Gasteiger partial charge on any atom is 0.295 e. The van der Waals surface area contributed by atoms with E-state index < -0.39 is 29.3 Å². The Morgan fingerprint density at radius 1 is 1.15 bits per heavy atom. The number of hydrogen-bond acceptors (Lipinski definition) is 5. The van der Waals surface area contributed by atoms with Gasteiger partial charge in [0, 0.05) is 11.1 Å². The summed E-state index contributed by atoms with van der Waals surface area (Å²) >= 11 is 0. The first-order valence-corrected chi connectivity index (χ1v) is 10.8. The lowest BCUT2D eigenvalue weighted by Crippen LogP contribution is -3.06. The van der Waals surface area contributed by atoms with Crippen LogP contribution in [0.5, 0.6) is 11.5 Å². The Labute approximate surface area is 193 Å². The second-order valence-corrected chi connectivity index (χ2v) is 8.48. The van der Waals surface area contributed by atoms with Crippen LogP contribution in [-0.4, -0.2) is 57.0 Å². The van der Waals surface area contributed by atoms with Crippen molar-refractivity contribution in [3.63, 3.8) is 0 Å². The topological polar surface area (TPSA) is 83.3 Å². The molecule has 1 atom stereocenters. The van der Waals surface area contributed by atoms with Gasteiger partial charge in [-0.05, 0) is 37.6 Å². The number of ketones is 1. The van der Waals surface area contributed by atoms with Gasteiger partial charge in [-0.3, -0.25) is 9.59 Å². The second kappa shape index (κ2) is 10.0. The fourth-order valence-electron chi connectivity index (χ4n) is 3.81. The molecule has 1 unspecified atom stereocenters. The van der Waals surface area contributed by atoms with Crippen LogP contribution in [0.25, 0.3) is 5.76 Å². The highest BCUT2D eigenvalue weighted by atomic mass is 19.1. The molecule has 0 aliphatic carbocycles. The van der Waals surface area contributed by atoms with E-state index in [9.17, 15) is 19.1 Å². The number of quaternary nitrogens is 1. The van der Waals surface area contributed by atoms with Crippen molar-refractivity contribution >= 4 is 17.4 Å². The number of carbonyl (C=O) groups is 2. The smallest absolute Gasteiger partial charge is 0.295 e. The zero-order valence-electron chi connectivity index (χ0n) is 19.5. The molecule has 176 valence electrons. The van der Waals surface area contributed by atoms with Gasteiger partial charge in [0.1, 0.15) is 5.75 Å². The highest BCUT2D eigenvalue weighted by Crippen LogP contribution is 2.42. The Morgan fingerprint density at radius 3 is 2.45 bits per heavy atom. The number of para-hydroxylation sites is 1. The number of ether oxygens (including phenoxy) is 2. The van der Waals surface area contributed by atoms with E-state index in [0.29, 0.717) is 17.9 Å². The Bertz CT molecular complexity index is 1080. The Hall–Kier alpha value is -3.39. The third kappa shape index (κ3) is 5.01. The molecule has 7 nitrogen and oxygen atoms in total. The lowest BCUT2D eigenvalue weighted by Gasteiger charge is -2.28. The second-order valence-electron chi connectivity index (χ2n) is 8.48. The average molecular weight is 457 g/mol. The number of carbonyl (C=O) groups excluding carboxylic acids is 2. The minimum absolute atomic E-state index is 0.0113. The summed E-state index contributed by atoms with van der Waals surface area (Å²) in [6.45, 7) is 4.36. The first kappa shape index (κ1) is 24.3. The summed E-state index contributed by atoms with van der Waals surface area (Å²) in [7, 11) is 5.34. The number of rotatable bonds is 8. The summed E-state index contributed by atoms with van der Waals surface area (Å²) in [5.41, 5.74) is 0.284. The zero-order valence-corrected chi connectivity index (χ0v) is 19.5. The molecule has 1 saturated heterocycles. The number of methoxy groups -OCH3 is 1. The molecule has 1 N–H and O–H groups in total. The third-order valence-corrected chi connectivity index (χ3v) is 5.37. The fraction of sp³-hybridized carbons (Fsp3) is 0.360. The summed E-state index contributed by atoms with van der Waals surface area (Å²) in [5, 5.41) is 13.5. The number of benzene rings is 2. The van der Waals surface area contributed by atoms with Crippen LogP contribution in [0.2, 0.25) is 0 Å². The van der Waals surface area contributed by atoms with Crippen LogP contribution in [-0.2, 0) is 9.59 Å². The maximum atomic E-state index is 14.6. The molecule has 0 aromatic heterocycles. The molecule has 1 aliphatic heterocycles. The van der Waals surface area contributed by atoms with Gasteiger partial charge < -0.3 is 24.4 Å². The number of nitrogens with zero attached hydrogens (tertiary/aromatic N) is 1. The highest BCUT2D eigenvalue weighted by molar-refractivity contribution is 6.46. The van der Waals surface area contributed by atoms with Gasteiger partial charge in [0.2, 0.25) is 5.78 Å². The molecule has 0 radical (unpaired) electrons. The number of amides is 1. The highest BCUT2D eigenvalue weighted by Gasteiger charge is 2.45. The van der Waals surface area contributed by atoms with E-state index >= 15 is 0 Å². The zero-order chi connectivity index (χ0) is 24.3. The van der Waals surface area contributed by atoms with E-state index in [-0.39, 0.29) is 29.5 Å². The average Bonchev–Trinajstić information content (AvgIpc) is 3.02. The molecule has 1 heterocycles. The van der Waals surface area contributed by atoms with Crippen LogP contribution in [0.3, 0.4) is 0 Å². The minimum atomic E-state index is -0.928. The maximum absolute atomic E-state index is 14.6. The van der Waals surface area contributed by atoms with Crippen LogP contribution in [0.1, 0.15) is 31.0 Å². The SMILES string of the molecule is COc1ccccc1C1C(=C([O-])c2ccc(OC(C)C)c(F)c2)C(=O)C(=O)N1CC[NH+](C)C. The van der Waals surface area contributed by atoms with Gasteiger partial charge in [0.15, 0.2) is 11.6 Å². The summed E-state index contributed by atoms with van der Waals surface area (Å²) in [6.07, 6.45) is -0.244. The Kier molecular flexibility index (Phi) is 7.38. The van der Waals surface area contributed by atoms with Crippen molar-refractivity contribution in [2.75, 3.05) is 34.3 Å². The molecule has 0 spiro atoms. The van der Waals surface area contributed by atoms with E-state index in [1.165, 1.54) is 24.1 Å². The van der Waals surface area contributed by atoms with Crippen LogP contribution in [0.4, 0.5) is 4.39 Å². The van der Waals surface area contributed by atoms with Crippen molar-refractivity contribution in [3.8, 4) is 11.5 Å². The quantitative estimate of drug-likeness (QED) is 0.364. The van der Waals surface area contributed by atoms with E-state index in [1.54, 1.807) is 38.1 Å². The number of nitrogens with one attached hydrogen (secondary N) is 1. The van der Waals surface area contributed by atoms with Crippen molar-refractivity contribution in [2.45, 2.75) is 26.0 Å². The van der Waals surface area contributed by atoms with E-state index in [4.69, 9.17) is 9.47 Å². The van der Waals surface area contributed by atoms with Gasteiger partial charge in [-0.1, -0.05) is 30.0 Å². The number of hydrogen-bond donors (Lipinski definition) is 1. The minimum Gasteiger partial charge on any atom is -0.872 e. The van der Waals surface area contributed by atoms with E-state index in [2.05, 4.69) is 0 Å². The largest absolute Gasteiger partial charge is 0.872 e. The van der Waals surface area contributed by atoms with Gasteiger partial charge in [-0.25, -0.2) is 4.39 Å². The Morgan fingerprint density at radius 2 is 1.85 bits per heavy atom. The van der Waals surface area contributed by atoms with Gasteiger partial charge in [-0.15, -0.1) is 0 Å². The van der Waals surface area contributed by atoms with Crippen molar-refractivity contribution in [1.29, 1.82) is 0 Å². The van der Waals surface area contributed by atoms with Crippen LogP contribution in [0, 0.1) is 5.82 Å². The van der Waals surface area contributed by atoms with Gasteiger partial charge in [-0.2, -0.15) is 0 Å². The molecule has 1 fully saturated rings. The third-order valence-electron chi connectivity index (χ3n) is 5.37. The van der Waals surface area contributed by atoms with Gasteiger partial charge in [0.05, 0.1) is 46.4 Å². The molecule has 8 heteroatoms. The first-order chi connectivity index (χ1) is 15.6. The number of likely N-dealkylation sites (tertiary alicyclic amines) is 1.